The number of aromatic nitrogens is 3. The van der Waals surface area contributed by atoms with E-state index in [-0.39, 0.29) is 0 Å². The summed E-state index contributed by atoms with van der Waals surface area (Å²) in [6.07, 6.45) is 1.71. The van der Waals surface area contributed by atoms with Gasteiger partial charge in [-0.15, -0.1) is 0 Å². The van der Waals surface area contributed by atoms with Crippen LogP contribution in [0.3, 0.4) is 0 Å². The summed E-state index contributed by atoms with van der Waals surface area (Å²) in [6, 6.07) is 7.67. The largest absolute Gasteiger partial charge is 0.441 e. The van der Waals surface area contributed by atoms with Gasteiger partial charge in [0.1, 0.15) is 11.3 Å². The minimum atomic E-state index is 0.331. The van der Waals surface area contributed by atoms with E-state index >= 15 is 0 Å². The standard InChI is InChI=1S/C13H12N4O/c1-8-16-11-3-2-9(6-12(11)18-8)10-4-5-15-13(7-14)17-10/h2-6H,7,14H2,1H3. The minimum Gasteiger partial charge on any atom is -0.441 e. The molecule has 0 radical (unpaired) electrons. The van der Waals surface area contributed by atoms with E-state index in [0.717, 1.165) is 22.4 Å². The molecule has 3 rings (SSSR count). The first-order valence-corrected chi connectivity index (χ1v) is 5.66. The molecule has 0 unspecified atom stereocenters. The first-order chi connectivity index (χ1) is 8.76. The molecule has 5 heteroatoms. The zero-order chi connectivity index (χ0) is 12.5. The molecule has 0 saturated carbocycles. The fourth-order valence-corrected chi connectivity index (χ4v) is 1.86. The second-order valence-corrected chi connectivity index (χ2v) is 3.98. The number of oxazole rings is 1. The molecule has 1 aromatic carbocycles. The number of fused-ring (bicyclic) bond motifs is 1. The molecule has 0 saturated heterocycles. The van der Waals surface area contributed by atoms with Crippen LogP contribution in [0.1, 0.15) is 11.7 Å². The number of nitrogens with zero attached hydrogens (tertiary/aromatic N) is 3. The van der Waals surface area contributed by atoms with E-state index in [1.165, 1.54) is 0 Å². The Kier molecular flexibility index (Phi) is 2.53. The average Bonchev–Trinajstić information content (AvgIpc) is 2.77. The van der Waals surface area contributed by atoms with Gasteiger partial charge in [0.25, 0.3) is 0 Å². The highest BCUT2D eigenvalue weighted by Gasteiger charge is 2.06. The Morgan fingerprint density at radius 3 is 2.94 bits per heavy atom. The quantitative estimate of drug-likeness (QED) is 0.741. The third kappa shape index (κ3) is 1.84. The van der Waals surface area contributed by atoms with Crippen LogP contribution in [0.15, 0.2) is 34.9 Å². The lowest BCUT2D eigenvalue weighted by atomic mass is 10.1. The Labute approximate surface area is 104 Å². The Morgan fingerprint density at radius 2 is 2.11 bits per heavy atom. The van der Waals surface area contributed by atoms with Crippen LogP contribution in [0, 0.1) is 6.92 Å². The Bertz CT molecular complexity index is 705. The van der Waals surface area contributed by atoms with E-state index in [1.807, 2.05) is 31.2 Å². The molecule has 0 aliphatic heterocycles. The van der Waals surface area contributed by atoms with Crippen LogP contribution in [-0.2, 0) is 6.54 Å². The topological polar surface area (TPSA) is 77.8 Å². The number of hydrogen-bond acceptors (Lipinski definition) is 5. The number of hydrogen-bond donors (Lipinski definition) is 1. The van der Waals surface area contributed by atoms with Crippen LogP contribution in [0.25, 0.3) is 22.4 Å². The molecule has 2 heterocycles. The normalized spacial score (nSPS) is 11.0. The van der Waals surface area contributed by atoms with Gasteiger partial charge in [-0.1, -0.05) is 6.07 Å². The van der Waals surface area contributed by atoms with E-state index in [2.05, 4.69) is 15.0 Å². The van der Waals surface area contributed by atoms with Crippen molar-refractivity contribution in [1.82, 2.24) is 15.0 Å². The van der Waals surface area contributed by atoms with Gasteiger partial charge in [-0.2, -0.15) is 0 Å². The third-order valence-electron chi connectivity index (χ3n) is 2.68. The molecule has 0 atom stereocenters. The molecule has 0 aliphatic rings. The molecule has 2 N–H and O–H groups in total. The van der Waals surface area contributed by atoms with Gasteiger partial charge < -0.3 is 10.2 Å². The lowest BCUT2D eigenvalue weighted by molar-refractivity contribution is 0.561. The van der Waals surface area contributed by atoms with Gasteiger partial charge in [0.15, 0.2) is 11.5 Å². The molecular weight excluding hydrogens is 228 g/mol. The fourth-order valence-electron chi connectivity index (χ4n) is 1.86. The van der Waals surface area contributed by atoms with Gasteiger partial charge >= 0.3 is 0 Å². The van der Waals surface area contributed by atoms with Crippen LogP contribution < -0.4 is 5.73 Å². The van der Waals surface area contributed by atoms with Crippen molar-refractivity contribution in [3.05, 3.63) is 42.2 Å². The summed E-state index contributed by atoms with van der Waals surface area (Å²) >= 11 is 0. The highest BCUT2D eigenvalue weighted by Crippen LogP contribution is 2.23. The summed E-state index contributed by atoms with van der Waals surface area (Å²) in [5.74, 6) is 1.29. The third-order valence-corrected chi connectivity index (χ3v) is 2.68. The van der Waals surface area contributed by atoms with Crippen molar-refractivity contribution in [1.29, 1.82) is 0 Å². The highest BCUT2D eigenvalue weighted by molar-refractivity contribution is 5.79. The highest BCUT2D eigenvalue weighted by atomic mass is 16.3. The SMILES string of the molecule is Cc1nc2ccc(-c3ccnc(CN)n3)cc2o1. The maximum absolute atomic E-state index is 5.54. The number of benzene rings is 1. The van der Waals surface area contributed by atoms with Gasteiger partial charge in [-0.3, -0.25) is 0 Å². The van der Waals surface area contributed by atoms with E-state index in [1.54, 1.807) is 6.20 Å². The maximum atomic E-state index is 5.54. The van der Waals surface area contributed by atoms with E-state index in [9.17, 15) is 0 Å². The van der Waals surface area contributed by atoms with Crippen molar-refractivity contribution >= 4 is 11.1 Å². The van der Waals surface area contributed by atoms with Gasteiger partial charge in [-0.25, -0.2) is 15.0 Å². The van der Waals surface area contributed by atoms with Crippen LogP contribution in [0.2, 0.25) is 0 Å². The minimum absolute atomic E-state index is 0.331. The molecule has 0 spiro atoms. The van der Waals surface area contributed by atoms with Crippen LogP contribution in [0.4, 0.5) is 0 Å². The first kappa shape index (κ1) is 10.9. The molecule has 90 valence electrons. The molecule has 0 amide bonds. The van der Waals surface area contributed by atoms with Gasteiger partial charge in [0.05, 0.1) is 12.2 Å². The average molecular weight is 240 g/mol. The summed E-state index contributed by atoms with van der Waals surface area (Å²) in [6.45, 7) is 2.16. The Balaban J connectivity index is 2.12. The summed E-state index contributed by atoms with van der Waals surface area (Å²) in [7, 11) is 0. The van der Waals surface area contributed by atoms with E-state index in [4.69, 9.17) is 10.2 Å². The van der Waals surface area contributed by atoms with Crippen LogP contribution in [0.5, 0.6) is 0 Å². The van der Waals surface area contributed by atoms with Crippen LogP contribution in [-0.4, -0.2) is 15.0 Å². The molecule has 2 aromatic heterocycles. The Hall–Kier alpha value is -2.27. The lowest BCUT2D eigenvalue weighted by Crippen LogP contribution is -2.02. The van der Waals surface area contributed by atoms with Gasteiger partial charge in [-0.05, 0) is 18.2 Å². The van der Waals surface area contributed by atoms with Crippen molar-refractivity contribution < 1.29 is 4.42 Å². The monoisotopic (exact) mass is 240 g/mol. The summed E-state index contributed by atoms with van der Waals surface area (Å²) in [5, 5.41) is 0. The predicted octanol–water partition coefficient (Wildman–Crippen LogP) is 2.05. The van der Waals surface area contributed by atoms with E-state index in [0.29, 0.717) is 18.3 Å². The fraction of sp³-hybridized carbons (Fsp3) is 0.154. The van der Waals surface area contributed by atoms with Crippen molar-refractivity contribution in [2.75, 3.05) is 0 Å². The van der Waals surface area contributed by atoms with Gasteiger partial charge in [0.2, 0.25) is 0 Å². The number of nitrogens with two attached hydrogens (primary N) is 1. The smallest absolute Gasteiger partial charge is 0.192 e. The molecule has 0 aliphatic carbocycles. The second kappa shape index (κ2) is 4.19. The van der Waals surface area contributed by atoms with Crippen molar-refractivity contribution in [2.24, 2.45) is 5.73 Å². The van der Waals surface area contributed by atoms with Crippen molar-refractivity contribution in [3.8, 4) is 11.3 Å². The molecule has 3 aromatic rings. The number of aryl methyl sites for hydroxylation is 1. The van der Waals surface area contributed by atoms with Crippen LogP contribution >= 0.6 is 0 Å². The Morgan fingerprint density at radius 1 is 1.22 bits per heavy atom. The van der Waals surface area contributed by atoms with Crippen molar-refractivity contribution in [2.45, 2.75) is 13.5 Å². The summed E-state index contributed by atoms with van der Waals surface area (Å²) < 4.78 is 5.51. The molecular formula is C13H12N4O. The number of rotatable bonds is 2. The van der Waals surface area contributed by atoms with E-state index < -0.39 is 0 Å². The maximum Gasteiger partial charge on any atom is 0.192 e. The molecule has 5 nitrogen and oxygen atoms in total. The molecule has 0 fully saturated rings. The zero-order valence-electron chi connectivity index (χ0n) is 9.92. The summed E-state index contributed by atoms with van der Waals surface area (Å²) in [5.41, 5.74) is 8.95. The summed E-state index contributed by atoms with van der Waals surface area (Å²) in [4.78, 5) is 12.7. The van der Waals surface area contributed by atoms with Gasteiger partial charge in [0, 0.05) is 18.7 Å². The molecule has 18 heavy (non-hydrogen) atoms. The van der Waals surface area contributed by atoms with Crippen molar-refractivity contribution in [3.63, 3.8) is 0 Å². The molecule has 0 bridgehead atoms. The lowest BCUT2D eigenvalue weighted by Gasteiger charge is -2.01. The zero-order valence-corrected chi connectivity index (χ0v) is 9.92. The second-order valence-electron chi connectivity index (χ2n) is 3.98. The first-order valence-electron chi connectivity index (χ1n) is 5.66. The predicted molar refractivity (Wildman–Crippen MR) is 67.7 cm³/mol.